The molecule has 0 amide bonds. The predicted molar refractivity (Wildman–Crippen MR) is 126 cm³/mol. The molecule has 2 aliphatic rings. The van der Waals surface area contributed by atoms with Crippen LogP contribution in [-0.4, -0.2) is 49.9 Å². The van der Waals surface area contributed by atoms with Crippen LogP contribution in [0.3, 0.4) is 0 Å². The number of carbonyl (C=O) groups excluding carboxylic acids is 1. The molecular formula is C23H27ClFN3O3S. The average Bonchev–Trinajstić information content (AvgIpc) is 3.50. The number of piperidine rings is 1. The number of carbonyl (C=O) groups is 2. The Bertz CT molecular complexity index is 1010. The number of carboxylic acids is 1. The molecule has 1 N–H and O–H groups in total. The largest absolute Gasteiger partial charge is 0.481 e. The van der Waals surface area contributed by atoms with Gasteiger partial charge in [-0.1, -0.05) is 18.2 Å². The van der Waals surface area contributed by atoms with Gasteiger partial charge in [-0.15, -0.1) is 12.4 Å². The number of benzene rings is 1. The third-order valence-electron chi connectivity index (χ3n) is 5.87. The van der Waals surface area contributed by atoms with Crippen LogP contribution in [0.15, 0.2) is 42.1 Å². The minimum absolute atomic E-state index is 0. The van der Waals surface area contributed by atoms with Crippen LogP contribution in [0.1, 0.15) is 43.0 Å². The molecule has 1 aromatic heterocycles. The van der Waals surface area contributed by atoms with Gasteiger partial charge in [-0.25, -0.2) is 4.39 Å². The zero-order chi connectivity index (χ0) is 22.0. The molecule has 1 aromatic carbocycles. The zero-order valence-corrected chi connectivity index (χ0v) is 19.3. The number of aromatic nitrogens is 2. The Hall–Kier alpha value is -2.16. The van der Waals surface area contributed by atoms with Crippen molar-refractivity contribution in [3.63, 3.8) is 0 Å². The number of ketones is 1. The number of nitrogens with zero attached hydrogens (tertiary/aromatic N) is 3. The molecule has 1 saturated heterocycles. The van der Waals surface area contributed by atoms with E-state index in [2.05, 4.69) is 10.00 Å². The molecule has 0 spiro atoms. The maximum atomic E-state index is 14.6. The Labute approximate surface area is 198 Å². The Kier molecular flexibility index (Phi) is 8.14. The second kappa shape index (κ2) is 10.6. The number of carboxylic acid groups (broad SMARTS) is 1. The summed E-state index contributed by atoms with van der Waals surface area (Å²) in [7, 11) is 0. The van der Waals surface area contributed by atoms with Crippen molar-refractivity contribution < 1.29 is 19.1 Å². The van der Waals surface area contributed by atoms with Crippen LogP contribution >= 0.6 is 25.0 Å². The highest BCUT2D eigenvalue weighted by molar-refractivity contribution is 7.81. The molecule has 1 saturated carbocycles. The number of likely N-dealkylation sites (tertiary alicyclic amines) is 1. The van der Waals surface area contributed by atoms with Gasteiger partial charge < -0.3 is 5.11 Å². The number of thiol groups is 1. The van der Waals surface area contributed by atoms with Gasteiger partial charge in [0, 0.05) is 36.0 Å². The van der Waals surface area contributed by atoms with E-state index in [-0.39, 0.29) is 41.6 Å². The van der Waals surface area contributed by atoms with Crippen molar-refractivity contribution in [1.29, 1.82) is 0 Å². The molecule has 172 valence electrons. The van der Waals surface area contributed by atoms with Crippen molar-refractivity contribution in [1.82, 2.24) is 14.7 Å². The Morgan fingerprint density at radius 3 is 2.69 bits per heavy atom. The third-order valence-corrected chi connectivity index (χ3v) is 6.46. The molecule has 0 radical (unpaired) electrons. The number of aryl methyl sites for hydroxylation is 1. The lowest BCUT2D eigenvalue weighted by atomic mass is 9.93. The molecule has 1 aliphatic heterocycles. The Morgan fingerprint density at radius 1 is 1.25 bits per heavy atom. The fourth-order valence-corrected chi connectivity index (χ4v) is 4.32. The number of rotatable bonds is 8. The summed E-state index contributed by atoms with van der Waals surface area (Å²) in [5.74, 6) is -1.10. The van der Waals surface area contributed by atoms with Gasteiger partial charge in [0.2, 0.25) is 0 Å². The summed E-state index contributed by atoms with van der Waals surface area (Å²) in [5.41, 5.74) is 2.18. The number of Topliss-reactive ketones (excluding diaryl/α,β-unsaturated/α-hetero) is 1. The lowest BCUT2D eigenvalue weighted by molar-refractivity contribution is -0.137. The molecule has 1 aliphatic carbocycles. The molecule has 2 unspecified atom stereocenters. The highest BCUT2D eigenvalue weighted by atomic mass is 35.5. The molecular weight excluding hydrogens is 453 g/mol. The topological polar surface area (TPSA) is 75.4 Å². The lowest BCUT2D eigenvalue weighted by Crippen LogP contribution is -2.42. The van der Waals surface area contributed by atoms with Crippen LogP contribution in [0.4, 0.5) is 4.39 Å². The number of halogens is 2. The van der Waals surface area contributed by atoms with E-state index in [9.17, 15) is 14.0 Å². The third kappa shape index (κ3) is 5.79. The van der Waals surface area contributed by atoms with E-state index < -0.39 is 12.0 Å². The normalized spacial score (nSPS) is 21.2. The zero-order valence-electron chi connectivity index (χ0n) is 17.6. The molecule has 2 atom stereocenters. The second-order valence-electron chi connectivity index (χ2n) is 8.24. The maximum Gasteiger partial charge on any atom is 0.305 e. The second-order valence-corrected chi connectivity index (χ2v) is 8.87. The van der Waals surface area contributed by atoms with Gasteiger partial charge in [0.15, 0.2) is 5.78 Å². The SMILES string of the molecule is Cl.O=C(O)CCn1ccc(C=C2CN(C(C(=O)C3CC3)c3ccccc3F)CCC2S)n1. The summed E-state index contributed by atoms with van der Waals surface area (Å²) >= 11 is 4.72. The highest BCUT2D eigenvalue weighted by Gasteiger charge is 2.40. The van der Waals surface area contributed by atoms with E-state index in [4.69, 9.17) is 17.7 Å². The summed E-state index contributed by atoms with van der Waals surface area (Å²) in [4.78, 5) is 25.9. The van der Waals surface area contributed by atoms with Gasteiger partial charge in [-0.05, 0) is 43.0 Å². The fraction of sp³-hybridized carbons (Fsp3) is 0.435. The van der Waals surface area contributed by atoms with Crippen molar-refractivity contribution >= 4 is 42.9 Å². The monoisotopic (exact) mass is 479 g/mol. The summed E-state index contributed by atoms with van der Waals surface area (Å²) in [6.45, 7) is 1.48. The molecule has 6 nitrogen and oxygen atoms in total. The van der Waals surface area contributed by atoms with Crippen LogP contribution < -0.4 is 0 Å². The quantitative estimate of drug-likeness (QED) is 0.559. The standard InChI is InChI=1S/C23H26FN3O3S.ClH/c24-19-4-2-1-3-18(19)22(23(30)15-5-6-15)26-10-8-20(31)16(14-26)13-17-7-11-27(25-17)12-9-21(28)29;/h1-4,7,11,13,15,20,22,31H,5-6,8-10,12,14H2,(H,28,29);1H. The predicted octanol–water partition coefficient (Wildman–Crippen LogP) is 4.03. The smallest absolute Gasteiger partial charge is 0.305 e. The van der Waals surface area contributed by atoms with Gasteiger partial charge in [0.05, 0.1) is 24.7 Å². The summed E-state index contributed by atoms with van der Waals surface area (Å²) < 4.78 is 16.2. The van der Waals surface area contributed by atoms with Crippen molar-refractivity contribution in [2.75, 3.05) is 13.1 Å². The van der Waals surface area contributed by atoms with E-state index in [1.165, 1.54) is 6.07 Å². The molecule has 0 bridgehead atoms. The molecule has 4 rings (SSSR count). The van der Waals surface area contributed by atoms with E-state index in [0.717, 1.165) is 30.5 Å². The molecule has 9 heteroatoms. The summed E-state index contributed by atoms with van der Waals surface area (Å²) in [5, 5.41) is 13.3. The number of aliphatic carboxylic acids is 1. The van der Waals surface area contributed by atoms with Gasteiger partial charge in [0.1, 0.15) is 5.82 Å². The van der Waals surface area contributed by atoms with E-state index >= 15 is 0 Å². The molecule has 2 aromatic rings. The van der Waals surface area contributed by atoms with E-state index in [1.54, 1.807) is 29.1 Å². The van der Waals surface area contributed by atoms with Crippen molar-refractivity contribution in [2.45, 2.75) is 43.5 Å². The minimum Gasteiger partial charge on any atom is -0.481 e. The lowest BCUT2D eigenvalue weighted by Gasteiger charge is -2.37. The van der Waals surface area contributed by atoms with Crippen LogP contribution in [0.2, 0.25) is 0 Å². The minimum atomic E-state index is -0.867. The molecule has 32 heavy (non-hydrogen) atoms. The van der Waals surface area contributed by atoms with Gasteiger partial charge in [-0.3, -0.25) is 19.2 Å². The Balaban J connectivity index is 0.00000289. The van der Waals surface area contributed by atoms with Crippen LogP contribution in [0.5, 0.6) is 0 Å². The maximum absolute atomic E-state index is 14.6. The first kappa shape index (κ1) is 24.5. The van der Waals surface area contributed by atoms with Crippen molar-refractivity contribution in [3.05, 3.63) is 59.2 Å². The van der Waals surface area contributed by atoms with Gasteiger partial charge in [-0.2, -0.15) is 17.7 Å². The van der Waals surface area contributed by atoms with Gasteiger partial charge in [0.25, 0.3) is 0 Å². The average molecular weight is 480 g/mol. The van der Waals surface area contributed by atoms with Crippen molar-refractivity contribution in [3.8, 4) is 0 Å². The number of hydrogen-bond donors (Lipinski definition) is 2. The fourth-order valence-electron chi connectivity index (χ4n) is 4.05. The van der Waals surface area contributed by atoms with Gasteiger partial charge >= 0.3 is 5.97 Å². The highest BCUT2D eigenvalue weighted by Crippen LogP contribution is 2.39. The Morgan fingerprint density at radius 2 is 2.00 bits per heavy atom. The first-order valence-electron chi connectivity index (χ1n) is 10.6. The van der Waals surface area contributed by atoms with Crippen molar-refractivity contribution in [2.24, 2.45) is 5.92 Å². The van der Waals surface area contributed by atoms with Crippen LogP contribution in [0, 0.1) is 11.7 Å². The van der Waals surface area contributed by atoms with E-state index in [1.807, 2.05) is 12.1 Å². The first-order valence-corrected chi connectivity index (χ1v) is 11.1. The summed E-state index contributed by atoms with van der Waals surface area (Å²) in [6, 6.07) is 7.78. The number of hydrogen-bond acceptors (Lipinski definition) is 5. The van der Waals surface area contributed by atoms with Crippen LogP contribution in [0.25, 0.3) is 6.08 Å². The molecule has 2 fully saturated rings. The summed E-state index contributed by atoms with van der Waals surface area (Å²) in [6.07, 6.45) is 6.21. The van der Waals surface area contributed by atoms with Crippen LogP contribution in [-0.2, 0) is 16.1 Å². The van der Waals surface area contributed by atoms with E-state index in [0.29, 0.717) is 25.2 Å². The molecule has 2 heterocycles. The first-order chi connectivity index (χ1) is 14.9.